The number of aliphatic carboxylic acids is 2. The van der Waals surface area contributed by atoms with Crippen molar-refractivity contribution in [2.45, 2.75) is 38.5 Å². The van der Waals surface area contributed by atoms with Gasteiger partial charge < -0.3 is 15.1 Å². The summed E-state index contributed by atoms with van der Waals surface area (Å²) in [7, 11) is 0. The first-order valence-electron chi connectivity index (χ1n) is 6.23. The van der Waals surface area contributed by atoms with Gasteiger partial charge in [-0.15, -0.1) is 0 Å². The predicted octanol–water partition coefficient (Wildman–Crippen LogP) is 0.955. The number of nitrogens with zero attached hydrogens (tertiary/aromatic N) is 1. The van der Waals surface area contributed by atoms with Gasteiger partial charge >= 0.3 is 11.9 Å². The largest absolute Gasteiger partial charge is 0.480 e. The molecule has 0 aromatic rings. The van der Waals surface area contributed by atoms with Gasteiger partial charge in [-0.1, -0.05) is 25.7 Å². The molecule has 6 heteroatoms. The van der Waals surface area contributed by atoms with Crippen molar-refractivity contribution in [2.75, 3.05) is 13.1 Å². The molecule has 1 aliphatic carbocycles. The van der Waals surface area contributed by atoms with E-state index >= 15 is 0 Å². The van der Waals surface area contributed by atoms with Gasteiger partial charge in [0.2, 0.25) is 5.91 Å². The van der Waals surface area contributed by atoms with E-state index in [9.17, 15) is 14.4 Å². The van der Waals surface area contributed by atoms with Crippen LogP contribution >= 0.6 is 0 Å². The van der Waals surface area contributed by atoms with Crippen LogP contribution in [-0.4, -0.2) is 46.0 Å². The standard InChI is InChI=1S/C12H19NO5/c14-10(15)7-13(8-11(16)17)12(18)9-5-3-1-2-4-6-9/h9H,1-8H2,(H,14,15)(H,16,17). The number of amides is 1. The van der Waals surface area contributed by atoms with Crippen molar-refractivity contribution in [3.8, 4) is 0 Å². The lowest BCUT2D eigenvalue weighted by atomic mass is 9.98. The molecule has 18 heavy (non-hydrogen) atoms. The summed E-state index contributed by atoms with van der Waals surface area (Å²) < 4.78 is 0. The van der Waals surface area contributed by atoms with Crippen LogP contribution in [-0.2, 0) is 14.4 Å². The maximum atomic E-state index is 12.1. The van der Waals surface area contributed by atoms with Gasteiger partial charge in [-0.05, 0) is 12.8 Å². The van der Waals surface area contributed by atoms with E-state index in [0.29, 0.717) is 0 Å². The molecule has 1 saturated carbocycles. The smallest absolute Gasteiger partial charge is 0.323 e. The summed E-state index contributed by atoms with van der Waals surface area (Å²) in [5.41, 5.74) is 0. The molecule has 1 aliphatic rings. The molecular weight excluding hydrogens is 238 g/mol. The minimum absolute atomic E-state index is 0.216. The number of hydrogen-bond acceptors (Lipinski definition) is 3. The van der Waals surface area contributed by atoms with Crippen LogP contribution in [0.1, 0.15) is 38.5 Å². The van der Waals surface area contributed by atoms with Crippen LogP contribution in [0, 0.1) is 5.92 Å². The molecule has 0 saturated heterocycles. The topological polar surface area (TPSA) is 94.9 Å². The molecule has 0 aliphatic heterocycles. The van der Waals surface area contributed by atoms with Crippen LogP contribution in [0.2, 0.25) is 0 Å². The second kappa shape index (κ2) is 6.98. The van der Waals surface area contributed by atoms with Crippen LogP contribution in [0.25, 0.3) is 0 Å². The zero-order valence-corrected chi connectivity index (χ0v) is 10.3. The number of carboxylic acid groups (broad SMARTS) is 2. The van der Waals surface area contributed by atoms with Crippen molar-refractivity contribution in [2.24, 2.45) is 5.92 Å². The molecule has 0 atom stereocenters. The second-order valence-electron chi connectivity index (χ2n) is 4.67. The Kier molecular flexibility index (Phi) is 5.61. The maximum Gasteiger partial charge on any atom is 0.323 e. The lowest BCUT2D eigenvalue weighted by molar-refractivity contribution is -0.151. The lowest BCUT2D eigenvalue weighted by Gasteiger charge is -2.23. The molecule has 0 aromatic heterocycles. The first kappa shape index (κ1) is 14.5. The molecule has 1 fully saturated rings. The van der Waals surface area contributed by atoms with Crippen molar-refractivity contribution in [1.29, 1.82) is 0 Å². The summed E-state index contributed by atoms with van der Waals surface area (Å²) in [5, 5.41) is 17.4. The van der Waals surface area contributed by atoms with Gasteiger partial charge in [0.05, 0.1) is 0 Å². The SMILES string of the molecule is O=C(O)CN(CC(=O)O)C(=O)C1CCCCCC1. The number of rotatable bonds is 5. The molecular formula is C12H19NO5. The molecule has 0 unspecified atom stereocenters. The van der Waals surface area contributed by atoms with E-state index < -0.39 is 25.0 Å². The highest BCUT2D eigenvalue weighted by Crippen LogP contribution is 2.24. The first-order valence-corrected chi connectivity index (χ1v) is 6.23. The minimum Gasteiger partial charge on any atom is -0.480 e. The van der Waals surface area contributed by atoms with E-state index in [1.165, 1.54) is 0 Å². The number of hydrogen-bond donors (Lipinski definition) is 2. The average molecular weight is 257 g/mol. The van der Waals surface area contributed by atoms with E-state index in [2.05, 4.69) is 0 Å². The monoisotopic (exact) mass is 257 g/mol. The van der Waals surface area contributed by atoms with Gasteiger partial charge in [0.1, 0.15) is 13.1 Å². The highest BCUT2D eigenvalue weighted by atomic mass is 16.4. The van der Waals surface area contributed by atoms with E-state index in [1.807, 2.05) is 0 Å². The highest BCUT2D eigenvalue weighted by Gasteiger charge is 2.27. The van der Waals surface area contributed by atoms with Gasteiger partial charge in [0.15, 0.2) is 0 Å². The van der Waals surface area contributed by atoms with Crippen molar-refractivity contribution in [3.63, 3.8) is 0 Å². The third kappa shape index (κ3) is 4.73. The quantitative estimate of drug-likeness (QED) is 0.715. The van der Waals surface area contributed by atoms with Crippen LogP contribution in [0.3, 0.4) is 0 Å². The zero-order chi connectivity index (χ0) is 13.5. The molecule has 6 nitrogen and oxygen atoms in total. The van der Waals surface area contributed by atoms with Crippen molar-refractivity contribution < 1.29 is 24.6 Å². The molecule has 0 heterocycles. The Morgan fingerprint density at radius 3 is 1.72 bits per heavy atom. The van der Waals surface area contributed by atoms with Crippen LogP contribution in [0.4, 0.5) is 0 Å². The summed E-state index contributed by atoms with van der Waals surface area (Å²) in [6.45, 7) is -1.08. The normalized spacial score (nSPS) is 16.9. The molecule has 0 spiro atoms. The molecule has 0 aromatic carbocycles. The number of carbonyl (C=O) groups excluding carboxylic acids is 1. The van der Waals surface area contributed by atoms with E-state index in [-0.39, 0.29) is 11.8 Å². The summed E-state index contributed by atoms with van der Waals surface area (Å²) in [6, 6.07) is 0. The lowest BCUT2D eigenvalue weighted by Crippen LogP contribution is -2.42. The fourth-order valence-corrected chi connectivity index (χ4v) is 2.32. The molecule has 0 radical (unpaired) electrons. The Bertz CT molecular complexity index is 304. The van der Waals surface area contributed by atoms with Crippen molar-refractivity contribution >= 4 is 17.8 Å². The van der Waals surface area contributed by atoms with Gasteiger partial charge in [-0.3, -0.25) is 14.4 Å². The van der Waals surface area contributed by atoms with Crippen molar-refractivity contribution in [1.82, 2.24) is 4.90 Å². The Hall–Kier alpha value is -1.59. The van der Waals surface area contributed by atoms with Crippen LogP contribution < -0.4 is 0 Å². The number of carboxylic acids is 2. The third-order valence-corrected chi connectivity index (χ3v) is 3.17. The highest BCUT2D eigenvalue weighted by molar-refractivity contribution is 5.86. The Morgan fingerprint density at radius 1 is 0.889 bits per heavy atom. The predicted molar refractivity (Wildman–Crippen MR) is 63.0 cm³/mol. The van der Waals surface area contributed by atoms with Crippen LogP contribution in [0.15, 0.2) is 0 Å². The molecule has 1 amide bonds. The van der Waals surface area contributed by atoms with E-state index in [1.54, 1.807) is 0 Å². The van der Waals surface area contributed by atoms with E-state index in [0.717, 1.165) is 43.4 Å². The average Bonchev–Trinajstić information content (AvgIpc) is 2.54. The van der Waals surface area contributed by atoms with Gasteiger partial charge in [-0.2, -0.15) is 0 Å². The summed E-state index contributed by atoms with van der Waals surface area (Å²) in [6.07, 6.45) is 5.53. The molecule has 102 valence electrons. The Balaban J connectivity index is 2.66. The van der Waals surface area contributed by atoms with E-state index in [4.69, 9.17) is 10.2 Å². The fourth-order valence-electron chi connectivity index (χ4n) is 2.32. The summed E-state index contributed by atoms with van der Waals surface area (Å²) in [5.74, 6) is -2.91. The Labute approximate surface area is 106 Å². The van der Waals surface area contributed by atoms with Crippen LogP contribution in [0.5, 0.6) is 0 Å². The molecule has 0 bridgehead atoms. The van der Waals surface area contributed by atoms with Gasteiger partial charge in [0.25, 0.3) is 0 Å². The van der Waals surface area contributed by atoms with Crippen molar-refractivity contribution in [3.05, 3.63) is 0 Å². The molecule has 1 rings (SSSR count). The van der Waals surface area contributed by atoms with Gasteiger partial charge in [-0.25, -0.2) is 0 Å². The molecule has 2 N–H and O–H groups in total. The minimum atomic E-state index is -1.18. The fraction of sp³-hybridized carbons (Fsp3) is 0.750. The number of carbonyl (C=O) groups is 3. The maximum absolute atomic E-state index is 12.1. The third-order valence-electron chi connectivity index (χ3n) is 3.17. The first-order chi connectivity index (χ1) is 8.50. The van der Waals surface area contributed by atoms with Gasteiger partial charge in [0, 0.05) is 5.92 Å². The summed E-state index contributed by atoms with van der Waals surface area (Å²) >= 11 is 0. The second-order valence-corrected chi connectivity index (χ2v) is 4.67. The zero-order valence-electron chi connectivity index (χ0n) is 10.3. The summed E-state index contributed by atoms with van der Waals surface area (Å²) in [4.78, 5) is 34.4. The Morgan fingerprint density at radius 2 is 1.33 bits per heavy atom.